The van der Waals surface area contributed by atoms with Crippen LogP contribution in [0.5, 0.6) is 5.75 Å². The van der Waals surface area contributed by atoms with E-state index >= 15 is 0 Å². The van der Waals surface area contributed by atoms with Crippen LogP contribution in [0.4, 0.5) is 5.69 Å². The standard InChI is InChI=1S/C12H16N2O4/c1-3-18-12(17)11(8(2)15)14-13-9-6-4-5-7-10(9)16/h4-7,11,13-14,16H,3H2,1-2H3. The average Bonchev–Trinajstić information content (AvgIpc) is 2.31. The molecule has 18 heavy (non-hydrogen) atoms. The number of aromatic hydroxyl groups is 1. The van der Waals surface area contributed by atoms with Crippen molar-refractivity contribution in [2.45, 2.75) is 19.9 Å². The van der Waals surface area contributed by atoms with Crippen molar-refractivity contribution < 1.29 is 19.4 Å². The second-order valence-electron chi connectivity index (χ2n) is 3.58. The monoisotopic (exact) mass is 252 g/mol. The van der Waals surface area contributed by atoms with E-state index in [9.17, 15) is 14.7 Å². The number of carbonyl (C=O) groups excluding carboxylic acids is 2. The molecule has 0 radical (unpaired) electrons. The molecule has 0 heterocycles. The summed E-state index contributed by atoms with van der Waals surface area (Å²) in [7, 11) is 0. The Kier molecular flexibility index (Phi) is 5.13. The summed E-state index contributed by atoms with van der Waals surface area (Å²) in [6.45, 7) is 3.13. The lowest BCUT2D eigenvalue weighted by atomic mass is 10.2. The van der Waals surface area contributed by atoms with E-state index in [-0.39, 0.29) is 18.1 Å². The molecule has 0 bridgehead atoms. The molecule has 0 aromatic heterocycles. The summed E-state index contributed by atoms with van der Waals surface area (Å²) in [6.07, 6.45) is 0. The number of carbonyl (C=O) groups is 2. The normalized spacial score (nSPS) is 11.7. The lowest BCUT2D eigenvalue weighted by molar-refractivity contribution is -0.148. The smallest absolute Gasteiger partial charge is 0.332 e. The minimum atomic E-state index is -1.11. The van der Waals surface area contributed by atoms with Crippen molar-refractivity contribution in [1.82, 2.24) is 5.43 Å². The van der Waals surface area contributed by atoms with E-state index < -0.39 is 12.0 Å². The topological polar surface area (TPSA) is 87.7 Å². The van der Waals surface area contributed by atoms with Gasteiger partial charge in [-0.15, -0.1) is 0 Å². The van der Waals surface area contributed by atoms with E-state index in [0.717, 1.165) is 0 Å². The minimum Gasteiger partial charge on any atom is -0.506 e. The van der Waals surface area contributed by atoms with Gasteiger partial charge in [-0.05, 0) is 26.0 Å². The molecule has 0 saturated carbocycles. The third kappa shape index (κ3) is 3.74. The summed E-state index contributed by atoms with van der Waals surface area (Å²) >= 11 is 0. The number of benzene rings is 1. The molecule has 6 nitrogen and oxygen atoms in total. The summed E-state index contributed by atoms with van der Waals surface area (Å²) in [4.78, 5) is 22.8. The van der Waals surface area contributed by atoms with Crippen LogP contribution in [0, 0.1) is 0 Å². The number of nitrogens with one attached hydrogen (secondary N) is 2. The van der Waals surface area contributed by atoms with E-state index in [2.05, 4.69) is 10.9 Å². The van der Waals surface area contributed by atoms with Crippen molar-refractivity contribution in [2.24, 2.45) is 0 Å². The highest BCUT2D eigenvalue weighted by atomic mass is 16.5. The van der Waals surface area contributed by atoms with Gasteiger partial charge in [-0.2, -0.15) is 0 Å². The third-order valence-corrected chi connectivity index (χ3v) is 2.18. The number of ether oxygens (including phenoxy) is 1. The first-order valence-corrected chi connectivity index (χ1v) is 5.53. The molecule has 6 heteroatoms. The number of para-hydroxylation sites is 2. The Morgan fingerprint density at radius 2 is 2.06 bits per heavy atom. The lowest BCUT2D eigenvalue weighted by Crippen LogP contribution is -2.46. The Bertz CT molecular complexity index is 434. The highest BCUT2D eigenvalue weighted by Crippen LogP contribution is 2.20. The van der Waals surface area contributed by atoms with Crippen LogP contribution in [0.2, 0.25) is 0 Å². The van der Waals surface area contributed by atoms with Gasteiger partial charge >= 0.3 is 5.97 Å². The molecule has 1 aromatic carbocycles. The Balaban J connectivity index is 2.66. The van der Waals surface area contributed by atoms with Gasteiger partial charge in [0.05, 0.1) is 12.3 Å². The van der Waals surface area contributed by atoms with Crippen molar-refractivity contribution in [3.63, 3.8) is 0 Å². The Morgan fingerprint density at radius 1 is 1.39 bits per heavy atom. The number of Topliss-reactive ketones (excluding diaryl/α,β-unsaturated/α-hetero) is 1. The van der Waals surface area contributed by atoms with Gasteiger partial charge in [-0.1, -0.05) is 12.1 Å². The number of phenolic OH excluding ortho intramolecular Hbond substituents is 1. The fourth-order valence-electron chi connectivity index (χ4n) is 1.28. The number of hydrogen-bond acceptors (Lipinski definition) is 6. The van der Waals surface area contributed by atoms with Crippen molar-refractivity contribution >= 4 is 17.4 Å². The van der Waals surface area contributed by atoms with Crippen molar-refractivity contribution in [1.29, 1.82) is 0 Å². The molecule has 0 fully saturated rings. The first-order chi connectivity index (χ1) is 8.56. The third-order valence-electron chi connectivity index (χ3n) is 2.18. The first kappa shape index (κ1) is 14.0. The zero-order valence-corrected chi connectivity index (χ0v) is 10.3. The van der Waals surface area contributed by atoms with Crippen LogP contribution in [0.3, 0.4) is 0 Å². The summed E-state index contributed by atoms with van der Waals surface area (Å²) < 4.78 is 4.76. The van der Waals surface area contributed by atoms with Crippen molar-refractivity contribution in [3.05, 3.63) is 24.3 Å². The molecular weight excluding hydrogens is 236 g/mol. The zero-order chi connectivity index (χ0) is 13.5. The quantitative estimate of drug-likeness (QED) is 0.301. The fraction of sp³-hybridized carbons (Fsp3) is 0.333. The molecule has 0 aliphatic rings. The van der Waals surface area contributed by atoms with Gasteiger partial charge in [-0.3, -0.25) is 4.79 Å². The first-order valence-electron chi connectivity index (χ1n) is 5.53. The maximum atomic E-state index is 11.5. The van der Waals surface area contributed by atoms with E-state index in [4.69, 9.17) is 4.74 Å². The highest BCUT2D eigenvalue weighted by Gasteiger charge is 2.24. The average molecular weight is 252 g/mol. The maximum Gasteiger partial charge on any atom is 0.332 e. The molecule has 1 rings (SSSR count). The number of phenols is 1. The largest absolute Gasteiger partial charge is 0.506 e. The van der Waals surface area contributed by atoms with Gasteiger partial charge in [0.2, 0.25) is 0 Å². The predicted molar refractivity (Wildman–Crippen MR) is 66.0 cm³/mol. The second kappa shape index (κ2) is 6.61. The van der Waals surface area contributed by atoms with Gasteiger partial charge < -0.3 is 15.3 Å². The van der Waals surface area contributed by atoms with E-state index in [1.165, 1.54) is 13.0 Å². The predicted octanol–water partition coefficient (Wildman–Crippen LogP) is 0.829. The summed E-state index contributed by atoms with van der Waals surface area (Å²) in [5.41, 5.74) is 5.51. The number of hydrazine groups is 1. The van der Waals surface area contributed by atoms with E-state index in [1.54, 1.807) is 25.1 Å². The number of ketones is 1. The number of rotatable bonds is 6. The van der Waals surface area contributed by atoms with Crippen molar-refractivity contribution in [3.8, 4) is 5.75 Å². The van der Waals surface area contributed by atoms with E-state index in [1.807, 2.05) is 0 Å². The van der Waals surface area contributed by atoms with Crippen LogP contribution in [-0.4, -0.2) is 29.5 Å². The number of anilines is 1. The molecule has 0 spiro atoms. The molecule has 1 unspecified atom stereocenters. The Labute approximate surface area is 105 Å². The van der Waals surface area contributed by atoms with Crippen LogP contribution in [0.15, 0.2) is 24.3 Å². The fourth-order valence-corrected chi connectivity index (χ4v) is 1.28. The van der Waals surface area contributed by atoms with Gasteiger partial charge in [0.25, 0.3) is 0 Å². The molecular formula is C12H16N2O4. The zero-order valence-electron chi connectivity index (χ0n) is 10.3. The number of esters is 1. The highest BCUT2D eigenvalue weighted by molar-refractivity contribution is 6.02. The molecule has 1 aromatic rings. The summed E-state index contributed by atoms with van der Waals surface area (Å²) in [6, 6.07) is 5.34. The summed E-state index contributed by atoms with van der Waals surface area (Å²) in [5, 5.41) is 9.50. The maximum absolute atomic E-state index is 11.5. The lowest BCUT2D eigenvalue weighted by Gasteiger charge is -2.16. The number of hydrogen-bond donors (Lipinski definition) is 3. The Hall–Kier alpha value is -2.08. The van der Waals surface area contributed by atoms with Crippen LogP contribution < -0.4 is 10.9 Å². The molecule has 98 valence electrons. The van der Waals surface area contributed by atoms with Gasteiger partial charge in [0, 0.05) is 0 Å². The van der Waals surface area contributed by atoms with Gasteiger partial charge in [0.15, 0.2) is 11.8 Å². The van der Waals surface area contributed by atoms with E-state index in [0.29, 0.717) is 5.69 Å². The van der Waals surface area contributed by atoms with Crippen LogP contribution in [0.25, 0.3) is 0 Å². The Morgan fingerprint density at radius 3 is 2.61 bits per heavy atom. The van der Waals surface area contributed by atoms with Gasteiger partial charge in [-0.25, -0.2) is 10.2 Å². The molecule has 0 saturated heterocycles. The molecule has 0 amide bonds. The second-order valence-corrected chi connectivity index (χ2v) is 3.58. The minimum absolute atomic E-state index is 0.0103. The molecule has 0 aliphatic heterocycles. The van der Waals surface area contributed by atoms with Crippen LogP contribution >= 0.6 is 0 Å². The van der Waals surface area contributed by atoms with Crippen molar-refractivity contribution in [2.75, 3.05) is 12.0 Å². The molecule has 3 N–H and O–H groups in total. The molecule has 0 aliphatic carbocycles. The molecule has 1 atom stereocenters. The van der Waals surface area contributed by atoms with Gasteiger partial charge in [0.1, 0.15) is 5.75 Å². The van der Waals surface area contributed by atoms with Crippen LogP contribution in [-0.2, 0) is 14.3 Å². The summed E-state index contributed by atoms with van der Waals surface area (Å²) in [5.74, 6) is -1.03. The SMILES string of the molecule is CCOC(=O)C(NNc1ccccc1O)C(C)=O. The van der Waals surface area contributed by atoms with Crippen LogP contribution in [0.1, 0.15) is 13.8 Å².